The Labute approximate surface area is 142 Å². The summed E-state index contributed by atoms with van der Waals surface area (Å²) in [5, 5.41) is 0. The van der Waals surface area contributed by atoms with E-state index in [0.717, 1.165) is 19.3 Å². The normalized spacial score (nSPS) is 13.1. The summed E-state index contributed by atoms with van der Waals surface area (Å²) < 4.78 is 29.4. The first-order chi connectivity index (χ1) is 11.1. The van der Waals surface area contributed by atoms with Gasteiger partial charge in [-0.25, -0.2) is 0 Å². The smallest absolute Gasteiger partial charge is 0.263 e. The summed E-state index contributed by atoms with van der Waals surface area (Å²) in [4.78, 5) is 0.235. The Hall–Kier alpha value is -0.870. The maximum Gasteiger partial charge on any atom is 0.297 e. The molecule has 1 aromatic rings. The average molecular weight is 341 g/mol. The average Bonchev–Trinajstić information content (AvgIpc) is 2.54. The van der Waals surface area contributed by atoms with Crippen LogP contribution < -0.4 is 0 Å². The van der Waals surface area contributed by atoms with Crippen LogP contribution in [0.3, 0.4) is 0 Å². The van der Waals surface area contributed by atoms with Crippen LogP contribution in [0.5, 0.6) is 0 Å². The zero-order valence-corrected chi connectivity index (χ0v) is 15.5. The summed E-state index contributed by atoms with van der Waals surface area (Å²) in [6, 6.07) is 8.36. The van der Waals surface area contributed by atoms with Crippen molar-refractivity contribution in [3.63, 3.8) is 0 Å². The Kier molecular flexibility index (Phi) is 10.2. The molecule has 0 fully saturated rings. The molecule has 0 aromatic heterocycles. The lowest BCUT2D eigenvalue weighted by Gasteiger charge is -2.13. The van der Waals surface area contributed by atoms with E-state index >= 15 is 0 Å². The molecule has 4 heteroatoms. The zero-order valence-electron chi connectivity index (χ0n) is 14.7. The standard InChI is InChI=1S/C19H32O3S/c1-3-4-5-6-7-8-9-10-12-15-18(2)22-23(20,21)19-16-13-11-14-17-19/h11,13-14,16-18H,3-10,12,15H2,1-2H3. The molecule has 0 spiro atoms. The van der Waals surface area contributed by atoms with E-state index in [2.05, 4.69) is 6.92 Å². The molecule has 1 aromatic carbocycles. The fourth-order valence-corrected chi connectivity index (χ4v) is 3.78. The van der Waals surface area contributed by atoms with Gasteiger partial charge >= 0.3 is 0 Å². The lowest BCUT2D eigenvalue weighted by molar-refractivity contribution is 0.213. The van der Waals surface area contributed by atoms with Crippen molar-refractivity contribution in [3.8, 4) is 0 Å². The van der Waals surface area contributed by atoms with E-state index in [1.807, 2.05) is 6.92 Å². The van der Waals surface area contributed by atoms with Crippen molar-refractivity contribution in [2.24, 2.45) is 0 Å². The summed E-state index contributed by atoms with van der Waals surface area (Å²) in [7, 11) is -3.62. The highest BCUT2D eigenvalue weighted by molar-refractivity contribution is 7.86. The van der Waals surface area contributed by atoms with Gasteiger partial charge in [0.1, 0.15) is 0 Å². The maximum absolute atomic E-state index is 12.1. The fourth-order valence-electron chi connectivity index (χ4n) is 2.65. The van der Waals surface area contributed by atoms with Crippen molar-refractivity contribution in [2.75, 3.05) is 0 Å². The van der Waals surface area contributed by atoms with Gasteiger partial charge in [-0.1, -0.05) is 82.9 Å². The second kappa shape index (κ2) is 11.6. The quantitative estimate of drug-likeness (QED) is 0.341. The third-order valence-electron chi connectivity index (χ3n) is 4.04. The monoisotopic (exact) mass is 340 g/mol. The van der Waals surface area contributed by atoms with Crippen LogP contribution in [0.15, 0.2) is 35.2 Å². The third kappa shape index (κ3) is 9.11. The molecular formula is C19H32O3S. The van der Waals surface area contributed by atoms with Crippen molar-refractivity contribution >= 4 is 10.1 Å². The van der Waals surface area contributed by atoms with Gasteiger partial charge in [0.15, 0.2) is 0 Å². The van der Waals surface area contributed by atoms with Crippen LogP contribution in [0.2, 0.25) is 0 Å². The summed E-state index contributed by atoms with van der Waals surface area (Å²) >= 11 is 0. The molecule has 0 aliphatic carbocycles. The lowest BCUT2D eigenvalue weighted by Crippen LogP contribution is -2.15. The van der Waals surface area contributed by atoms with Crippen molar-refractivity contribution in [1.29, 1.82) is 0 Å². The molecule has 0 heterocycles. The molecule has 132 valence electrons. The van der Waals surface area contributed by atoms with Gasteiger partial charge < -0.3 is 0 Å². The second-order valence-electron chi connectivity index (χ2n) is 6.29. The molecule has 0 aliphatic rings. The molecule has 1 rings (SSSR count). The number of hydrogen-bond acceptors (Lipinski definition) is 3. The summed E-state index contributed by atoms with van der Waals surface area (Å²) in [6.45, 7) is 4.08. The van der Waals surface area contributed by atoms with E-state index in [9.17, 15) is 8.42 Å². The summed E-state index contributed by atoms with van der Waals surface area (Å²) in [5.74, 6) is 0. The first-order valence-corrected chi connectivity index (χ1v) is 10.5. The second-order valence-corrected chi connectivity index (χ2v) is 7.86. The van der Waals surface area contributed by atoms with Crippen molar-refractivity contribution < 1.29 is 12.6 Å². The topological polar surface area (TPSA) is 43.4 Å². The lowest BCUT2D eigenvalue weighted by atomic mass is 10.1. The van der Waals surface area contributed by atoms with E-state index in [4.69, 9.17) is 4.18 Å². The van der Waals surface area contributed by atoms with E-state index in [0.29, 0.717) is 0 Å². The van der Waals surface area contributed by atoms with Crippen LogP contribution in [0, 0.1) is 0 Å². The molecule has 3 nitrogen and oxygen atoms in total. The molecule has 0 N–H and O–H groups in total. The summed E-state index contributed by atoms with van der Waals surface area (Å²) in [5.41, 5.74) is 0. The van der Waals surface area contributed by atoms with Crippen molar-refractivity contribution in [1.82, 2.24) is 0 Å². The molecule has 23 heavy (non-hydrogen) atoms. The van der Waals surface area contributed by atoms with Gasteiger partial charge in [0.25, 0.3) is 10.1 Å². The van der Waals surface area contributed by atoms with Crippen LogP contribution in [0.4, 0.5) is 0 Å². The predicted molar refractivity (Wildman–Crippen MR) is 96.0 cm³/mol. The fraction of sp³-hybridized carbons (Fsp3) is 0.684. The van der Waals surface area contributed by atoms with Gasteiger partial charge in [0.05, 0.1) is 11.0 Å². The number of unbranched alkanes of at least 4 members (excludes halogenated alkanes) is 8. The summed E-state index contributed by atoms with van der Waals surface area (Å²) in [6.07, 6.45) is 11.9. The van der Waals surface area contributed by atoms with Gasteiger partial charge in [0.2, 0.25) is 0 Å². The van der Waals surface area contributed by atoms with Crippen molar-refractivity contribution in [2.45, 2.75) is 89.1 Å². The third-order valence-corrected chi connectivity index (χ3v) is 5.47. The molecule has 0 saturated carbocycles. The number of rotatable bonds is 13. The number of hydrogen-bond donors (Lipinski definition) is 0. The Morgan fingerprint density at radius 1 is 0.870 bits per heavy atom. The molecular weight excluding hydrogens is 308 g/mol. The first-order valence-electron chi connectivity index (χ1n) is 9.04. The highest BCUT2D eigenvalue weighted by Gasteiger charge is 2.18. The Morgan fingerprint density at radius 3 is 1.96 bits per heavy atom. The van der Waals surface area contributed by atoms with Gasteiger partial charge in [-0.15, -0.1) is 0 Å². The highest BCUT2D eigenvalue weighted by Crippen LogP contribution is 2.17. The molecule has 0 bridgehead atoms. The van der Waals surface area contributed by atoms with Crippen LogP contribution in [0.25, 0.3) is 0 Å². The predicted octanol–water partition coefficient (Wildman–Crippen LogP) is 5.70. The van der Waals surface area contributed by atoms with Gasteiger partial charge in [-0.05, 0) is 25.5 Å². The molecule has 0 saturated heterocycles. The largest absolute Gasteiger partial charge is 0.297 e. The SMILES string of the molecule is CCCCCCCCCCCC(C)OS(=O)(=O)c1ccccc1. The van der Waals surface area contributed by atoms with Gasteiger partial charge in [-0.2, -0.15) is 8.42 Å². The minimum absolute atomic E-state index is 0.235. The van der Waals surface area contributed by atoms with Crippen LogP contribution in [-0.2, 0) is 14.3 Å². The molecule has 0 aliphatic heterocycles. The Morgan fingerprint density at radius 2 is 1.39 bits per heavy atom. The molecule has 1 unspecified atom stereocenters. The van der Waals surface area contributed by atoms with Crippen LogP contribution in [0.1, 0.15) is 78.1 Å². The molecule has 0 amide bonds. The van der Waals surface area contributed by atoms with Gasteiger partial charge in [-0.3, -0.25) is 4.18 Å². The maximum atomic E-state index is 12.1. The van der Waals surface area contributed by atoms with E-state index in [-0.39, 0.29) is 11.0 Å². The van der Waals surface area contributed by atoms with E-state index in [1.54, 1.807) is 30.3 Å². The molecule has 0 radical (unpaired) electrons. The molecule has 1 atom stereocenters. The van der Waals surface area contributed by atoms with E-state index < -0.39 is 10.1 Å². The minimum atomic E-state index is -3.62. The van der Waals surface area contributed by atoms with Gasteiger partial charge in [0, 0.05) is 0 Å². The van der Waals surface area contributed by atoms with Crippen molar-refractivity contribution in [3.05, 3.63) is 30.3 Å². The Bertz CT molecular complexity index is 497. The Balaban J connectivity index is 2.12. The van der Waals surface area contributed by atoms with Crippen LogP contribution >= 0.6 is 0 Å². The number of benzene rings is 1. The van der Waals surface area contributed by atoms with Crippen LogP contribution in [-0.4, -0.2) is 14.5 Å². The highest BCUT2D eigenvalue weighted by atomic mass is 32.2. The minimum Gasteiger partial charge on any atom is -0.263 e. The first kappa shape index (κ1) is 20.2. The zero-order chi connectivity index (χ0) is 17.0. The van der Waals surface area contributed by atoms with E-state index in [1.165, 1.54) is 44.9 Å².